The molecule has 11 aromatic rings. The van der Waals surface area contributed by atoms with Crippen LogP contribution < -0.4 is 9.80 Å². The molecule has 5 heteroatoms. The maximum absolute atomic E-state index is 9.94. The summed E-state index contributed by atoms with van der Waals surface area (Å²) in [7, 11) is 0. The zero-order valence-electron chi connectivity index (χ0n) is 37.5. The second-order valence-corrected chi connectivity index (χ2v) is 17.6. The van der Waals surface area contributed by atoms with E-state index < -0.39 is 5.41 Å². The van der Waals surface area contributed by atoms with Crippen molar-refractivity contribution < 1.29 is 4.42 Å². The smallest absolute Gasteiger partial charge is 0.145 e. The molecule has 5 nitrogen and oxygen atoms in total. The molecule has 320 valence electrons. The number of furan rings is 1. The lowest BCUT2D eigenvalue weighted by Crippen LogP contribution is -2.29. The molecule has 0 atom stereocenters. The van der Waals surface area contributed by atoms with Gasteiger partial charge in [0.2, 0.25) is 0 Å². The number of nitrogens with zero attached hydrogens (tertiary/aromatic N) is 4. The number of aryl methyl sites for hydroxylation is 2. The number of anilines is 6. The Kier molecular flexibility index (Phi) is 9.54. The largest absolute Gasteiger partial charge is 0.455 e. The third kappa shape index (κ3) is 6.22. The van der Waals surface area contributed by atoms with Crippen LogP contribution in [-0.2, 0) is 5.41 Å². The van der Waals surface area contributed by atoms with E-state index in [1.807, 2.05) is 54.6 Å². The lowest BCUT2D eigenvalue weighted by molar-refractivity contribution is 0.669. The van der Waals surface area contributed by atoms with Gasteiger partial charge in [-0.05, 0) is 144 Å². The second-order valence-electron chi connectivity index (χ2n) is 17.6. The number of nitriles is 2. The highest BCUT2D eigenvalue weighted by molar-refractivity contribution is 6.22. The lowest BCUT2D eigenvalue weighted by Gasteiger charge is -2.36. The molecule has 0 bridgehead atoms. The van der Waals surface area contributed by atoms with Crippen molar-refractivity contribution in [2.75, 3.05) is 9.80 Å². The number of para-hydroxylation sites is 1. The van der Waals surface area contributed by atoms with Gasteiger partial charge in [0.15, 0.2) is 0 Å². The van der Waals surface area contributed by atoms with Crippen LogP contribution in [0.3, 0.4) is 0 Å². The summed E-state index contributed by atoms with van der Waals surface area (Å²) >= 11 is 0. The van der Waals surface area contributed by atoms with E-state index in [1.54, 1.807) is 0 Å². The quantitative estimate of drug-likeness (QED) is 0.152. The van der Waals surface area contributed by atoms with Crippen LogP contribution in [0, 0.1) is 36.5 Å². The van der Waals surface area contributed by atoms with E-state index in [-0.39, 0.29) is 0 Å². The SMILES string of the molecule is Cc1ccc(N(c2ccc(C#N)cc2)c2cc3c(c4ccccc24)-c2c(cc(N(c4ccc(C#N)cc4)c4cccc(C)c4)c4c2oc2ccccc24)C3(c2ccccc2)c2ccccc2)cc1. The Morgan fingerprint density at radius 1 is 0.412 bits per heavy atom. The van der Waals surface area contributed by atoms with Crippen LogP contribution in [0.25, 0.3) is 43.8 Å². The number of hydrogen-bond acceptors (Lipinski definition) is 5. The summed E-state index contributed by atoms with van der Waals surface area (Å²) in [6.07, 6.45) is 0. The van der Waals surface area contributed by atoms with E-state index >= 15 is 0 Å². The molecule has 10 aromatic carbocycles. The summed E-state index contributed by atoms with van der Waals surface area (Å²) in [5, 5.41) is 24.0. The number of hydrogen-bond donors (Lipinski definition) is 0. The van der Waals surface area contributed by atoms with E-state index in [0.29, 0.717) is 11.1 Å². The normalized spacial score (nSPS) is 12.4. The van der Waals surface area contributed by atoms with E-state index in [0.717, 1.165) is 106 Å². The molecule has 0 N–H and O–H groups in total. The van der Waals surface area contributed by atoms with Crippen molar-refractivity contribution in [2.24, 2.45) is 0 Å². The predicted octanol–water partition coefficient (Wildman–Crippen LogP) is 16.4. The van der Waals surface area contributed by atoms with Gasteiger partial charge in [0.1, 0.15) is 11.2 Å². The molecule has 0 aliphatic heterocycles. The van der Waals surface area contributed by atoms with Gasteiger partial charge in [0.25, 0.3) is 0 Å². The number of fused-ring (bicyclic) bond motifs is 9. The van der Waals surface area contributed by atoms with Gasteiger partial charge in [0, 0.05) is 39.1 Å². The van der Waals surface area contributed by atoms with Gasteiger partial charge in [-0.25, -0.2) is 0 Å². The van der Waals surface area contributed by atoms with Crippen molar-refractivity contribution in [3.63, 3.8) is 0 Å². The fourth-order valence-corrected chi connectivity index (χ4v) is 10.7. The van der Waals surface area contributed by atoms with Crippen molar-refractivity contribution in [3.8, 4) is 23.3 Å². The Bertz CT molecular complexity index is 3780. The minimum atomic E-state index is -0.861. The van der Waals surface area contributed by atoms with E-state index in [1.165, 1.54) is 5.56 Å². The van der Waals surface area contributed by atoms with Gasteiger partial charge in [0.05, 0.1) is 45.4 Å². The fraction of sp³-hybridized carbons (Fsp3) is 0.0476. The molecule has 0 unspecified atom stereocenters. The number of rotatable bonds is 8. The average Bonchev–Trinajstić information content (AvgIpc) is 3.92. The first-order valence-electron chi connectivity index (χ1n) is 22.9. The van der Waals surface area contributed by atoms with Crippen LogP contribution >= 0.6 is 0 Å². The molecule has 1 heterocycles. The van der Waals surface area contributed by atoms with E-state index in [9.17, 15) is 10.5 Å². The third-order valence-electron chi connectivity index (χ3n) is 13.7. The van der Waals surface area contributed by atoms with Gasteiger partial charge >= 0.3 is 0 Å². The molecule has 0 radical (unpaired) electrons. The molecule has 1 aliphatic carbocycles. The third-order valence-corrected chi connectivity index (χ3v) is 13.7. The van der Waals surface area contributed by atoms with Crippen molar-refractivity contribution in [2.45, 2.75) is 19.3 Å². The molecule has 0 amide bonds. The average molecular weight is 871 g/mol. The second kappa shape index (κ2) is 16.1. The van der Waals surface area contributed by atoms with Gasteiger partial charge in [-0.2, -0.15) is 10.5 Å². The van der Waals surface area contributed by atoms with Crippen molar-refractivity contribution in [1.29, 1.82) is 10.5 Å². The van der Waals surface area contributed by atoms with Gasteiger partial charge in [-0.3, -0.25) is 0 Å². The lowest BCUT2D eigenvalue weighted by atomic mass is 9.67. The number of benzene rings is 10. The molecule has 0 fully saturated rings. The molecule has 12 rings (SSSR count). The molecule has 0 saturated carbocycles. The van der Waals surface area contributed by atoms with Crippen molar-refractivity contribution >= 4 is 66.8 Å². The summed E-state index contributed by atoms with van der Waals surface area (Å²) in [5.74, 6) is 0. The Labute approximate surface area is 395 Å². The summed E-state index contributed by atoms with van der Waals surface area (Å²) < 4.78 is 7.33. The maximum atomic E-state index is 9.94. The van der Waals surface area contributed by atoms with Gasteiger partial charge in [-0.1, -0.05) is 133 Å². The molecular weight excluding hydrogens is 829 g/mol. The first kappa shape index (κ1) is 40.4. The zero-order chi connectivity index (χ0) is 45.9. The summed E-state index contributed by atoms with van der Waals surface area (Å²) in [6, 6.07) is 81.5. The zero-order valence-corrected chi connectivity index (χ0v) is 37.5. The van der Waals surface area contributed by atoms with Crippen LogP contribution in [0.15, 0.2) is 223 Å². The molecule has 0 spiro atoms. The Morgan fingerprint density at radius 3 is 1.50 bits per heavy atom. The monoisotopic (exact) mass is 870 g/mol. The molecule has 0 saturated heterocycles. The predicted molar refractivity (Wildman–Crippen MR) is 277 cm³/mol. The molecular formula is C63H42N4O. The first-order chi connectivity index (χ1) is 33.5. The molecule has 1 aliphatic rings. The van der Waals surface area contributed by atoms with Crippen LogP contribution in [0.4, 0.5) is 34.1 Å². The van der Waals surface area contributed by atoms with E-state index in [4.69, 9.17) is 4.42 Å². The van der Waals surface area contributed by atoms with E-state index in [2.05, 4.69) is 200 Å². The standard InChI is InChI=1S/C63H42N4O/c1-41-24-30-47(31-25-41)66(48-32-26-43(39-64)27-33-48)56-37-54-59(52-21-10-9-20-51(52)56)61-55(63(54,45-15-5-3-6-16-45)46-17-7-4-8-18-46)38-57(60-53-22-11-12-23-58(53)68-62(60)61)67(50-19-13-14-42(2)36-50)49-34-28-44(40-65)29-35-49/h3-38H,1-2H3. The summed E-state index contributed by atoms with van der Waals surface area (Å²) in [4.78, 5) is 4.66. The minimum Gasteiger partial charge on any atom is -0.455 e. The highest BCUT2D eigenvalue weighted by atomic mass is 16.3. The van der Waals surface area contributed by atoms with Gasteiger partial charge < -0.3 is 14.2 Å². The van der Waals surface area contributed by atoms with Crippen LogP contribution in [0.5, 0.6) is 0 Å². The fourth-order valence-electron chi connectivity index (χ4n) is 10.7. The maximum Gasteiger partial charge on any atom is 0.145 e. The summed E-state index contributed by atoms with van der Waals surface area (Å²) in [6.45, 7) is 4.24. The van der Waals surface area contributed by atoms with Crippen LogP contribution in [-0.4, -0.2) is 0 Å². The Hall–Kier alpha value is -9.16. The highest BCUT2D eigenvalue weighted by Gasteiger charge is 2.49. The first-order valence-corrected chi connectivity index (χ1v) is 22.9. The van der Waals surface area contributed by atoms with Gasteiger partial charge in [-0.15, -0.1) is 0 Å². The minimum absolute atomic E-state index is 0.594. The highest BCUT2D eigenvalue weighted by Crippen LogP contribution is 2.63. The van der Waals surface area contributed by atoms with Crippen LogP contribution in [0.1, 0.15) is 44.5 Å². The van der Waals surface area contributed by atoms with Crippen molar-refractivity contribution in [1.82, 2.24) is 0 Å². The molecule has 1 aromatic heterocycles. The van der Waals surface area contributed by atoms with Crippen LogP contribution in [0.2, 0.25) is 0 Å². The Morgan fingerprint density at radius 2 is 0.912 bits per heavy atom. The summed E-state index contributed by atoms with van der Waals surface area (Å²) in [5.41, 5.74) is 16.7. The molecule has 68 heavy (non-hydrogen) atoms. The van der Waals surface area contributed by atoms with Crippen molar-refractivity contribution in [3.05, 3.63) is 263 Å². The Balaban J connectivity index is 1.28. The topological polar surface area (TPSA) is 67.2 Å².